The molecule has 100 valence electrons. The van der Waals surface area contributed by atoms with Crippen molar-refractivity contribution in [3.63, 3.8) is 0 Å². The largest absolute Gasteiger partial charge is 0.463 e. The molecule has 0 N–H and O–H groups in total. The van der Waals surface area contributed by atoms with E-state index in [2.05, 4.69) is 95.6 Å². The zero-order chi connectivity index (χ0) is 13.7. The second kappa shape index (κ2) is 8.18. The first-order valence-electron chi connectivity index (χ1n) is 4.03. The van der Waals surface area contributed by atoms with Crippen LogP contribution in [0.1, 0.15) is 6.42 Å². The minimum atomic E-state index is -1.07. The Kier molecular flexibility index (Phi) is 9.06. The first-order chi connectivity index (χ1) is 7.55. The molecule has 0 unspecified atom stereocenters. The van der Waals surface area contributed by atoms with Crippen LogP contribution in [0.5, 0.6) is 0 Å². The standard InChI is InChI=1S/C7H6Br6O4/c8-6(9,10)4(14)16-2-1-3-17-5(15)7(11,12)13/h1-3H2. The van der Waals surface area contributed by atoms with Crippen LogP contribution >= 0.6 is 95.6 Å². The summed E-state index contributed by atoms with van der Waals surface area (Å²) < 4.78 is 7.60. The molecule has 0 aliphatic heterocycles. The van der Waals surface area contributed by atoms with Gasteiger partial charge in [-0.2, -0.15) is 0 Å². The summed E-state index contributed by atoms with van der Waals surface area (Å²) in [5.74, 6) is -1.03. The van der Waals surface area contributed by atoms with E-state index in [-0.39, 0.29) is 13.2 Å². The van der Waals surface area contributed by atoms with E-state index in [9.17, 15) is 9.59 Å². The minimum Gasteiger partial charge on any atom is -0.463 e. The molecular formula is C7H6Br6O4. The van der Waals surface area contributed by atoms with Crippen molar-refractivity contribution in [1.82, 2.24) is 0 Å². The van der Waals surface area contributed by atoms with Gasteiger partial charge in [0, 0.05) is 6.42 Å². The third-order valence-corrected chi connectivity index (χ3v) is 3.16. The Hall–Kier alpha value is 1.82. The van der Waals surface area contributed by atoms with Gasteiger partial charge in [0.15, 0.2) is 0 Å². The Morgan fingerprint density at radius 2 is 1.06 bits per heavy atom. The summed E-state index contributed by atoms with van der Waals surface area (Å²) >= 11 is 18.1. The summed E-state index contributed by atoms with van der Waals surface area (Å²) in [6.45, 7) is 0.299. The van der Waals surface area contributed by atoms with E-state index >= 15 is 0 Å². The van der Waals surface area contributed by atoms with Crippen LogP contribution in [-0.2, 0) is 19.1 Å². The molecular weight excluding hydrogens is 627 g/mol. The Bertz CT molecular complexity index is 253. The van der Waals surface area contributed by atoms with E-state index in [1.807, 2.05) is 0 Å². The van der Waals surface area contributed by atoms with Gasteiger partial charge in [0.1, 0.15) is 0 Å². The zero-order valence-corrected chi connectivity index (χ0v) is 17.5. The third kappa shape index (κ3) is 9.37. The van der Waals surface area contributed by atoms with Crippen molar-refractivity contribution in [3.8, 4) is 0 Å². The maximum atomic E-state index is 11.2. The summed E-state index contributed by atoms with van der Waals surface area (Å²) in [6, 6.07) is 0. The lowest BCUT2D eigenvalue weighted by atomic mass is 10.5. The number of rotatable bonds is 4. The van der Waals surface area contributed by atoms with Crippen LogP contribution < -0.4 is 0 Å². The highest BCUT2D eigenvalue weighted by atomic mass is 80.0. The summed E-state index contributed by atoms with van der Waals surface area (Å²) in [7, 11) is 0. The minimum absolute atomic E-state index is 0.149. The number of esters is 2. The van der Waals surface area contributed by atoms with Crippen LogP contribution in [0.4, 0.5) is 0 Å². The molecule has 0 fully saturated rings. The van der Waals surface area contributed by atoms with Gasteiger partial charge in [-0.1, -0.05) is 0 Å². The van der Waals surface area contributed by atoms with Crippen LogP contribution in [0.25, 0.3) is 0 Å². The second-order valence-electron chi connectivity index (χ2n) is 2.62. The molecule has 17 heavy (non-hydrogen) atoms. The van der Waals surface area contributed by atoms with E-state index in [0.29, 0.717) is 6.42 Å². The molecule has 0 saturated carbocycles. The van der Waals surface area contributed by atoms with Crippen LogP contribution in [0.2, 0.25) is 0 Å². The molecule has 0 rings (SSSR count). The van der Waals surface area contributed by atoms with Gasteiger partial charge in [0.05, 0.1) is 13.2 Å². The van der Waals surface area contributed by atoms with E-state index in [1.54, 1.807) is 0 Å². The highest BCUT2D eigenvalue weighted by Crippen LogP contribution is 2.35. The molecule has 0 aliphatic carbocycles. The number of alkyl halides is 6. The predicted molar refractivity (Wildman–Crippen MR) is 85.6 cm³/mol. The number of hydrogen-bond donors (Lipinski definition) is 0. The summed E-state index contributed by atoms with van der Waals surface area (Å²) in [5.41, 5.74) is 0. The zero-order valence-electron chi connectivity index (χ0n) is 8.02. The van der Waals surface area contributed by atoms with Crippen LogP contribution in [0.15, 0.2) is 0 Å². The average molecular weight is 634 g/mol. The number of hydrogen-bond acceptors (Lipinski definition) is 4. The maximum absolute atomic E-state index is 11.2. The highest BCUT2D eigenvalue weighted by molar-refractivity contribution is 9.40. The monoisotopic (exact) mass is 628 g/mol. The molecule has 0 spiro atoms. The Balaban J connectivity index is 3.68. The third-order valence-electron chi connectivity index (χ3n) is 1.22. The van der Waals surface area contributed by atoms with Gasteiger partial charge in [-0.25, -0.2) is 9.59 Å². The summed E-state index contributed by atoms with van der Waals surface area (Å²) in [5, 5.41) is 0. The highest BCUT2D eigenvalue weighted by Gasteiger charge is 2.31. The van der Waals surface area contributed by atoms with Crippen molar-refractivity contribution in [2.24, 2.45) is 0 Å². The molecule has 0 aromatic heterocycles. The quantitative estimate of drug-likeness (QED) is 0.266. The van der Waals surface area contributed by atoms with Gasteiger partial charge in [-0.3, -0.25) is 0 Å². The van der Waals surface area contributed by atoms with Gasteiger partial charge in [-0.05, 0) is 95.6 Å². The molecule has 0 bridgehead atoms. The summed E-state index contributed by atoms with van der Waals surface area (Å²) in [6.07, 6.45) is 0.406. The van der Waals surface area contributed by atoms with Crippen molar-refractivity contribution in [2.75, 3.05) is 13.2 Å². The van der Waals surface area contributed by atoms with E-state index in [1.165, 1.54) is 0 Å². The number of halogens is 6. The fourth-order valence-corrected chi connectivity index (χ4v) is 1.24. The first-order valence-corrected chi connectivity index (χ1v) is 8.79. The van der Waals surface area contributed by atoms with E-state index < -0.39 is 16.2 Å². The van der Waals surface area contributed by atoms with Gasteiger partial charge < -0.3 is 9.47 Å². The topological polar surface area (TPSA) is 52.6 Å². The molecule has 0 heterocycles. The first kappa shape index (κ1) is 18.8. The number of carbonyl (C=O) groups is 2. The molecule has 0 atom stereocenters. The molecule has 0 aliphatic rings. The second-order valence-corrected chi connectivity index (χ2v) is 16.1. The normalized spacial score (nSPS) is 12.1. The van der Waals surface area contributed by atoms with Gasteiger partial charge in [0.2, 0.25) is 4.29 Å². The number of carbonyl (C=O) groups excluding carboxylic acids is 2. The Morgan fingerprint density at radius 1 is 0.765 bits per heavy atom. The lowest BCUT2D eigenvalue weighted by molar-refractivity contribution is -0.144. The smallest absolute Gasteiger partial charge is 0.344 e. The predicted octanol–water partition coefficient (Wildman–Crippen LogP) is 4.14. The maximum Gasteiger partial charge on any atom is 0.344 e. The average Bonchev–Trinajstić information content (AvgIpc) is 2.13. The van der Waals surface area contributed by atoms with E-state index in [4.69, 9.17) is 9.47 Å². The molecule has 10 heteroatoms. The van der Waals surface area contributed by atoms with Crippen molar-refractivity contribution in [3.05, 3.63) is 0 Å². The molecule has 0 saturated heterocycles. The van der Waals surface area contributed by atoms with Crippen LogP contribution in [0, 0.1) is 0 Å². The fraction of sp³-hybridized carbons (Fsp3) is 0.714. The Morgan fingerprint density at radius 3 is 1.29 bits per heavy atom. The van der Waals surface area contributed by atoms with Crippen molar-refractivity contribution >= 4 is 108 Å². The lowest BCUT2D eigenvalue weighted by Crippen LogP contribution is -2.23. The van der Waals surface area contributed by atoms with Crippen molar-refractivity contribution in [2.45, 2.75) is 10.7 Å². The SMILES string of the molecule is O=C(OCCCOC(=O)C(Br)(Br)Br)C(Br)(Br)Br. The molecule has 0 amide bonds. The van der Waals surface area contributed by atoms with Crippen LogP contribution in [-0.4, -0.2) is 29.4 Å². The van der Waals surface area contributed by atoms with Crippen molar-refractivity contribution < 1.29 is 19.1 Å². The van der Waals surface area contributed by atoms with E-state index in [0.717, 1.165) is 0 Å². The molecule has 0 aromatic carbocycles. The molecule has 4 nitrogen and oxygen atoms in total. The molecule has 0 aromatic rings. The van der Waals surface area contributed by atoms with Gasteiger partial charge in [0.25, 0.3) is 0 Å². The van der Waals surface area contributed by atoms with Crippen LogP contribution in [0.3, 0.4) is 0 Å². The van der Waals surface area contributed by atoms with Gasteiger partial charge >= 0.3 is 11.9 Å². The molecule has 0 radical (unpaired) electrons. The number of ether oxygens (including phenoxy) is 2. The Labute approximate surface area is 149 Å². The fourth-order valence-electron chi connectivity index (χ4n) is 0.552. The lowest BCUT2D eigenvalue weighted by Gasteiger charge is -2.13. The van der Waals surface area contributed by atoms with Crippen molar-refractivity contribution in [1.29, 1.82) is 0 Å². The van der Waals surface area contributed by atoms with Gasteiger partial charge in [-0.15, -0.1) is 0 Å². The summed E-state index contributed by atoms with van der Waals surface area (Å²) in [4.78, 5) is 22.5.